The van der Waals surface area contributed by atoms with Crippen LogP contribution in [0.25, 0.3) is 0 Å². The van der Waals surface area contributed by atoms with Gasteiger partial charge in [-0.05, 0) is 64.1 Å². The van der Waals surface area contributed by atoms with Crippen molar-refractivity contribution in [2.75, 3.05) is 58.3 Å². The number of thioether (sulfide) groups is 1. The second-order valence-electron chi connectivity index (χ2n) is 9.37. The molecule has 1 aromatic rings. The van der Waals surface area contributed by atoms with Crippen LogP contribution in [0.15, 0.2) is 30.3 Å². The predicted octanol–water partition coefficient (Wildman–Crippen LogP) is 2.79. The molecule has 0 saturated carbocycles. The Kier molecular flexibility index (Phi) is 7.24. The molecule has 7 heteroatoms. The van der Waals surface area contributed by atoms with Gasteiger partial charge in [-0.25, -0.2) is 4.79 Å². The molecule has 170 valence electrons. The van der Waals surface area contributed by atoms with Gasteiger partial charge in [0.15, 0.2) is 0 Å². The molecule has 6 nitrogen and oxygen atoms in total. The summed E-state index contributed by atoms with van der Waals surface area (Å²) in [5, 5.41) is 0. The number of piperidine rings is 1. The van der Waals surface area contributed by atoms with Crippen LogP contribution in [0, 0.1) is 0 Å². The van der Waals surface area contributed by atoms with Crippen molar-refractivity contribution in [3.8, 4) is 0 Å². The fourth-order valence-electron chi connectivity index (χ4n) is 5.27. The highest BCUT2D eigenvalue weighted by atomic mass is 32.2. The van der Waals surface area contributed by atoms with Crippen molar-refractivity contribution in [2.45, 2.75) is 43.7 Å². The lowest BCUT2D eigenvalue weighted by molar-refractivity contribution is -0.136. The van der Waals surface area contributed by atoms with E-state index in [2.05, 4.69) is 21.9 Å². The zero-order valence-corrected chi connectivity index (χ0v) is 19.8. The first-order valence-corrected chi connectivity index (χ1v) is 12.8. The van der Waals surface area contributed by atoms with Gasteiger partial charge in [-0.15, -0.1) is 0 Å². The largest absolute Gasteiger partial charge is 0.327 e. The van der Waals surface area contributed by atoms with E-state index in [1.807, 2.05) is 49.0 Å². The minimum absolute atomic E-state index is 0.0461. The Morgan fingerprint density at radius 1 is 1.10 bits per heavy atom. The quantitative estimate of drug-likeness (QED) is 0.577. The normalized spacial score (nSPS) is 24.2. The highest BCUT2D eigenvalue weighted by Gasteiger charge is 2.57. The SMILES string of the molecule is CN(C)CCCN1C(=O)N(CCc2ccccc2)C2(CCN([C@H]3CCSC3)CC2)C1=O. The van der Waals surface area contributed by atoms with E-state index in [-0.39, 0.29) is 11.9 Å². The summed E-state index contributed by atoms with van der Waals surface area (Å²) in [6.07, 6.45) is 4.38. The van der Waals surface area contributed by atoms with Gasteiger partial charge in [0.2, 0.25) is 0 Å². The number of benzene rings is 1. The average molecular weight is 445 g/mol. The van der Waals surface area contributed by atoms with Crippen LogP contribution >= 0.6 is 11.8 Å². The topological polar surface area (TPSA) is 47.1 Å². The molecule has 1 atom stereocenters. The van der Waals surface area contributed by atoms with E-state index >= 15 is 0 Å². The molecule has 0 N–H and O–H groups in total. The van der Waals surface area contributed by atoms with Gasteiger partial charge in [-0.2, -0.15) is 11.8 Å². The Balaban J connectivity index is 1.49. The van der Waals surface area contributed by atoms with E-state index in [1.54, 1.807) is 4.90 Å². The minimum atomic E-state index is -0.647. The highest BCUT2D eigenvalue weighted by molar-refractivity contribution is 7.99. The molecule has 3 fully saturated rings. The highest BCUT2D eigenvalue weighted by Crippen LogP contribution is 2.39. The van der Waals surface area contributed by atoms with Gasteiger partial charge in [0.05, 0.1) is 0 Å². The van der Waals surface area contributed by atoms with E-state index < -0.39 is 5.54 Å². The molecule has 3 aliphatic rings. The molecule has 0 aliphatic carbocycles. The van der Waals surface area contributed by atoms with E-state index in [1.165, 1.54) is 23.5 Å². The number of hydrogen-bond donors (Lipinski definition) is 0. The van der Waals surface area contributed by atoms with E-state index in [0.29, 0.717) is 19.1 Å². The standard InChI is InChI=1S/C24H36N4O2S/c1-25(2)13-6-14-27-22(29)24(11-16-26(17-12-24)21-10-18-31-19-21)28(23(27)30)15-9-20-7-4-3-5-8-20/h3-5,7-8,21H,6,9-19H2,1-2H3/t21-/m0/s1. The predicted molar refractivity (Wildman–Crippen MR) is 126 cm³/mol. The summed E-state index contributed by atoms with van der Waals surface area (Å²) in [4.78, 5) is 35.2. The molecule has 3 amide bonds. The molecule has 0 radical (unpaired) electrons. The molecule has 0 aromatic heterocycles. The Morgan fingerprint density at radius 3 is 2.48 bits per heavy atom. The van der Waals surface area contributed by atoms with Crippen LogP contribution in [0.5, 0.6) is 0 Å². The lowest BCUT2D eigenvalue weighted by atomic mass is 9.85. The molecule has 1 aromatic carbocycles. The third-order valence-electron chi connectivity index (χ3n) is 7.12. The van der Waals surface area contributed by atoms with Gasteiger partial charge >= 0.3 is 6.03 Å². The molecule has 1 spiro atoms. The van der Waals surface area contributed by atoms with Gasteiger partial charge < -0.3 is 9.80 Å². The summed E-state index contributed by atoms with van der Waals surface area (Å²) in [6, 6.07) is 10.8. The maximum absolute atomic E-state index is 13.6. The van der Waals surface area contributed by atoms with Crippen LogP contribution in [0.3, 0.4) is 0 Å². The van der Waals surface area contributed by atoms with Crippen LogP contribution in [0.2, 0.25) is 0 Å². The maximum Gasteiger partial charge on any atom is 0.327 e. The Morgan fingerprint density at radius 2 is 1.84 bits per heavy atom. The first kappa shape index (κ1) is 22.6. The Labute approximate surface area is 190 Å². The fraction of sp³-hybridized carbons (Fsp3) is 0.667. The van der Waals surface area contributed by atoms with Crippen molar-refractivity contribution in [2.24, 2.45) is 0 Å². The van der Waals surface area contributed by atoms with Gasteiger partial charge in [-0.3, -0.25) is 14.6 Å². The average Bonchev–Trinajstić information content (AvgIpc) is 3.37. The first-order valence-electron chi connectivity index (χ1n) is 11.7. The number of carbonyl (C=O) groups excluding carboxylic acids is 2. The molecule has 0 unspecified atom stereocenters. The van der Waals surface area contributed by atoms with Crippen LogP contribution in [0.1, 0.15) is 31.2 Å². The van der Waals surface area contributed by atoms with Gasteiger partial charge in [0, 0.05) is 38.0 Å². The van der Waals surface area contributed by atoms with Crippen molar-refractivity contribution in [1.82, 2.24) is 19.6 Å². The molecule has 31 heavy (non-hydrogen) atoms. The second kappa shape index (κ2) is 9.92. The summed E-state index contributed by atoms with van der Waals surface area (Å²) >= 11 is 2.03. The third-order valence-corrected chi connectivity index (χ3v) is 8.27. The number of amides is 3. The van der Waals surface area contributed by atoms with E-state index in [9.17, 15) is 9.59 Å². The number of hydrogen-bond acceptors (Lipinski definition) is 5. The zero-order valence-electron chi connectivity index (χ0n) is 19.0. The van der Waals surface area contributed by atoms with Gasteiger partial charge in [0.1, 0.15) is 5.54 Å². The maximum atomic E-state index is 13.6. The molecule has 3 aliphatic heterocycles. The number of imide groups is 1. The van der Waals surface area contributed by atoms with E-state index in [4.69, 9.17) is 0 Å². The fourth-order valence-corrected chi connectivity index (χ4v) is 6.53. The summed E-state index contributed by atoms with van der Waals surface area (Å²) < 4.78 is 0. The van der Waals surface area contributed by atoms with Crippen molar-refractivity contribution in [3.05, 3.63) is 35.9 Å². The number of likely N-dealkylation sites (tertiary alicyclic amines) is 1. The van der Waals surface area contributed by atoms with Crippen molar-refractivity contribution >= 4 is 23.7 Å². The summed E-state index contributed by atoms with van der Waals surface area (Å²) in [7, 11) is 4.05. The Bertz CT molecular complexity index is 758. The van der Waals surface area contributed by atoms with Crippen LogP contribution in [0.4, 0.5) is 4.79 Å². The summed E-state index contributed by atoms with van der Waals surface area (Å²) in [6.45, 7) is 3.83. The molecule has 4 rings (SSSR count). The first-order chi connectivity index (χ1) is 15.0. The smallest absolute Gasteiger partial charge is 0.309 e. The molecule has 3 heterocycles. The minimum Gasteiger partial charge on any atom is -0.309 e. The lowest BCUT2D eigenvalue weighted by Gasteiger charge is -2.44. The van der Waals surface area contributed by atoms with Crippen molar-refractivity contribution in [1.29, 1.82) is 0 Å². The van der Waals surface area contributed by atoms with Crippen molar-refractivity contribution < 1.29 is 9.59 Å². The molecule has 0 bridgehead atoms. The van der Waals surface area contributed by atoms with E-state index in [0.717, 1.165) is 45.3 Å². The van der Waals surface area contributed by atoms with Crippen molar-refractivity contribution in [3.63, 3.8) is 0 Å². The number of urea groups is 1. The van der Waals surface area contributed by atoms with Gasteiger partial charge in [0.25, 0.3) is 5.91 Å². The van der Waals surface area contributed by atoms with Crippen LogP contribution in [-0.2, 0) is 11.2 Å². The second-order valence-corrected chi connectivity index (χ2v) is 10.5. The van der Waals surface area contributed by atoms with Crippen LogP contribution < -0.4 is 0 Å². The summed E-state index contributed by atoms with van der Waals surface area (Å²) in [5.41, 5.74) is 0.566. The number of carbonyl (C=O) groups is 2. The molecular formula is C24H36N4O2S. The third kappa shape index (κ3) is 4.78. The van der Waals surface area contributed by atoms with Gasteiger partial charge in [-0.1, -0.05) is 30.3 Å². The molecule has 3 saturated heterocycles. The zero-order chi connectivity index (χ0) is 21.8. The molecular weight excluding hydrogens is 408 g/mol. The lowest BCUT2D eigenvalue weighted by Crippen LogP contribution is -2.58. The monoisotopic (exact) mass is 444 g/mol. The number of rotatable bonds is 8. The van der Waals surface area contributed by atoms with Crippen LogP contribution in [-0.4, -0.2) is 101 Å². The number of nitrogens with zero attached hydrogens (tertiary/aromatic N) is 4. The Hall–Kier alpha value is -1.57. The summed E-state index contributed by atoms with van der Waals surface area (Å²) in [5.74, 6) is 2.49.